The fourth-order valence-electron chi connectivity index (χ4n) is 5.12. The third-order valence-electron chi connectivity index (χ3n) is 7.06. The number of benzene rings is 2. The molecule has 4 rings (SSSR count). The highest BCUT2D eigenvalue weighted by Crippen LogP contribution is 2.44. The maximum absolute atomic E-state index is 13.0. The second-order valence-corrected chi connectivity index (χ2v) is 10.1. The first kappa shape index (κ1) is 23.8. The lowest BCUT2D eigenvalue weighted by molar-refractivity contribution is -0.139. The van der Waals surface area contributed by atoms with E-state index in [2.05, 4.69) is 34.9 Å². The molecule has 0 aromatic heterocycles. The molecule has 0 heterocycles. The fraction of sp³-hybridized carbons (Fsp3) is 0.444. The molecule has 0 unspecified atom stereocenters. The van der Waals surface area contributed by atoms with Gasteiger partial charge in [-0.3, -0.25) is 9.59 Å². The molecule has 0 atom stereocenters. The van der Waals surface area contributed by atoms with Crippen molar-refractivity contribution < 1.29 is 24.2 Å². The van der Waals surface area contributed by atoms with Crippen LogP contribution in [-0.2, 0) is 14.3 Å². The van der Waals surface area contributed by atoms with E-state index in [0.717, 1.165) is 35.1 Å². The van der Waals surface area contributed by atoms with Crippen molar-refractivity contribution in [3.8, 4) is 11.1 Å². The van der Waals surface area contributed by atoms with Gasteiger partial charge in [-0.15, -0.1) is 0 Å². The molecular formula is C27H32N2O5. The van der Waals surface area contributed by atoms with Gasteiger partial charge in [-0.05, 0) is 48.9 Å². The van der Waals surface area contributed by atoms with Crippen molar-refractivity contribution in [1.29, 1.82) is 0 Å². The molecule has 2 aliphatic rings. The van der Waals surface area contributed by atoms with Crippen LogP contribution in [0.25, 0.3) is 11.1 Å². The molecule has 1 fully saturated rings. The molecule has 34 heavy (non-hydrogen) atoms. The Kier molecular flexibility index (Phi) is 6.64. The lowest BCUT2D eigenvalue weighted by Crippen LogP contribution is -2.54. The Morgan fingerprint density at radius 1 is 1.00 bits per heavy atom. The lowest BCUT2D eigenvalue weighted by Gasteiger charge is -2.33. The van der Waals surface area contributed by atoms with Crippen molar-refractivity contribution in [1.82, 2.24) is 10.6 Å². The molecule has 1 saturated carbocycles. The molecular weight excluding hydrogens is 432 g/mol. The summed E-state index contributed by atoms with van der Waals surface area (Å²) in [6, 6.07) is 16.3. The molecule has 2 aromatic carbocycles. The molecule has 0 radical (unpaired) electrons. The molecule has 0 bridgehead atoms. The van der Waals surface area contributed by atoms with Crippen LogP contribution in [0.3, 0.4) is 0 Å². The predicted molar refractivity (Wildman–Crippen MR) is 128 cm³/mol. The maximum atomic E-state index is 13.0. The summed E-state index contributed by atoms with van der Waals surface area (Å²) in [6.45, 7) is 3.75. The van der Waals surface area contributed by atoms with E-state index in [-0.39, 0.29) is 31.4 Å². The first-order valence-electron chi connectivity index (χ1n) is 11.8. The summed E-state index contributed by atoms with van der Waals surface area (Å²) >= 11 is 0. The second-order valence-electron chi connectivity index (χ2n) is 10.1. The molecule has 2 aliphatic carbocycles. The van der Waals surface area contributed by atoms with Gasteiger partial charge in [0.05, 0.1) is 17.4 Å². The number of carboxylic acid groups (broad SMARTS) is 1. The molecule has 180 valence electrons. The maximum Gasteiger partial charge on any atom is 0.407 e. The van der Waals surface area contributed by atoms with Crippen LogP contribution in [0.5, 0.6) is 0 Å². The van der Waals surface area contributed by atoms with E-state index in [1.807, 2.05) is 24.3 Å². The monoisotopic (exact) mass is 464 g/mol. The Labute approximate surface area is 199 Å². The van der Waals surface area contributed by atoms with Crippen LogP contribution < -0.4 is 10.6 Å². The minimum atomic E-state index is -0.920. The van der Waals surface area contributed by atoms with Gasteiger partial charge in [-0.1, -0.05) is 61.4 Å². The number of hydrogen-bond acceptors (Lipinski definition) is 4. The molecule has 0 aliphatic heterocycles. The van der Waals surface area contributed by atoms with Gasteiger partial charge in [-0.2, -0.15) is 0 Å². The molecule has 7 heteroatoms. The number of aliphatic carboxylic acids is 1. The number of ether oxygens (including phenoxy) is 1. The summed E-state index contributed by atoms with van der Waals surface area (Å²) < 4.78 is 5.56. The van der Waals surface area contributed by atoms with Crippen molar-refractivity contribution >= 4 is 18.0 Å². The molecule has 7 nitrogen and oxygen atoms in total. The Balaban J connectivity index is 1.33. The largest absolute Gasteiger partial charge is 0.481 e. The Bertz CT molecular complexity index is 1040. The van der Waals surface area contributed by atoms with Crippen LogP contribution >= 0.6 is 0 Å². The van der Waals surface area contributed by atoms with E-state index in [4.69, 9.17) is 4.74 Å². The summed E-state index contributed by atoms with van der Waals surface area (Å²) in [5.74, 6) is -1.22. The van der Waals surface area contributed by atoms with Gasteiger partial charge in [0.25, 0.3) is 0 Å². The number of carbonyl (C=O) groups excluding carboxylic acids is 2. The van der Waals surface area contributed by atoms with Gasteiger partial charge in [0.2, 0.25) is 5.91 Å². The van der Waals surface area contributed by atoms with E-state index in [1.165, 1.54) is 0 Å². The molecule has 0 spiro atoms. The quantitative estimate of drug-likeness (QED) is 0.535. The van der Waals surface area contributed by atoms with Crippen molar-refractivity contribution in [2.45, 2.75) is 57.4 Å². The summed E-state index contributed by atoms with van der Waals surface area (Å²) in [7, 11) is 0. The number of fused-ring (bicyclic) bond motifs is 3. The van der Waals surface area contributed by atoms with Crippen molar-refractivity contribution in [2.24, 2.45) is 5.41 Å². The molecule has 2 amide bonds. The second kappa shape index (κ2) is 9.49. The SMILES string of the molecule is CC(C)(CNC(=O)OCC1c2ccccc2-c2ccccc21)C(=O)NC1(CC(=O)O)CCCC1. The zero-order chi connectivity index (χ0) is 24.3. The van der Waals surface area contributed by atoms with Crippen molar-refractivity contribution in [3.05, 3.63) is 59.7 Å². The van der Waals surface area contributed by atoms with E-state index in [0.29, 0.717) is 12.8 Å². The van der Waals surface area contributed by atoms with Crippen LogP contribution in [-0.4, -0.2) is 41.8 Å². The Morgan fingerprint density at radius 3 is 2.12 bits per heavy atom. The van der Waals surface area contributed by atoms with Gasteiger partial charge < -0.3 is 20.5 Å². The first-order valence-corrected chi connectivity index (χ1v) is 11.8. The van der Waals surface area contributed by atoms with Crippen molar-refractivity contribution in [2.75, 3.05) is 13.2 Å². The number of nitrogens with one attached hydrogen (secondary N) is 2. The first-order chi connectivity index (χ1) is 16.2. The lowest BCUT2D eigenvalue weighted by atomic mass is 9.87. The third-order valence-corrected chi connectivity index (χ3v) is 7.06. The highest BCUT2D eigenvalue weighted by Gasteiger charge is 2.41. The smallest absolute Gasteiger partial charge is 0.407 e. The van der Waals surface area contributed by atoms with Gasteiger partial charge in [0, 0.05) is 12.5 Å². The van der Waals surface area contributed by atoms with E-state index < -0.39 is 23.0 Å². The zero-order valence-corrected chi connectivity index (χ0v) is 19.7. The summed E-state index contributed by atoms with van der Waals surface area (Å²) in [6.07, 6.45) is 2.43. The van der Waals surface area contributed by atoms with Crippen LogP contribution in [0.15, 0.2) is 48.5 Å². The van der Waals surface area contributed by atoms with E-state index in [1.54, 1.807) is 13.8 Å². The number of carbonyl (C=O) groups is 3. The molecule has 3 N–H and O–H groups in total. The normalized spacial score (nSPS) is 16.4. The van der Waals surface area contributed by atoms with Gasteiger partial charge >= 0.3 is 12.1 Å². The predicted octanol–water partition coefficient (Wildman–Crippen LogP) is 4.46. The Morgan fingerprint density at radius 2 is 1.56 bits per heavy atom. The standard InChI is InChI=1S/C27H32N2O5/c1-26(2,24(32)29-27(15-23(30)31)13-7-8-14-27)17-28-25(33)34-16-22-20-11-5-3-9-18(20)19-10-4-6-12-21(19)22/h3-6,9-12,22H,7-8,13-17H2,1-2H3,(H,28,33)(H,29,32)(H,30,31). The summed E-state index contributed by atoms with van der Waals surface area (Å²) in [4.78, 5) is 36.8. The number of carboxylic acids is 1. The molecule has 2 aromatic rings. The number of alkyl carbamates (subject to hydrolysis) is 1. The third kappa shape index (κ3) is 4.93. The van der Waals surface area contributed by atoms with E-state index in [9.17, 15) is 19.5 Å². The molecule has 0 saturated heterocycles. The van der Waals surface area contributed by atoms with Crippen LogP contribution in [0, 0.1) is 5.41 Å². The minimum Gasteiger partial charge on any atom is -0.481 e. The van der Waals surface area contributed by atoms with Gasteiger partial charge in [-0.25, -0.2) is 4.79 Å². The van der Waals surface area contributed by atoms with Crippen LogP contribution in [0.4, 0.5) is 4.79 Å². The highest BCUT2D eigenvalue weighted by atomic mass is 16.5. The number of amides is 2. The Hall–Kier alpha value is -3.35. The summed E-state index contributed by atoms with van der Waals surface area (Å²) in [5, 5.41) is 15.0. The van der Waals surface area contributed by atoms with Gasteiger partial charge in [0.15, 0.2) is 0 Å². The average Bonchev–Trinajstić information content (AvgIpc) is 3.38. The topological polar surface area (TPSA) is 105 Å². The fourth-order valence-corrected chi connectivity index (χ4v) is 5.12. The van der Waals surface area contributed by atoms with Crippen LogP contribution in [0.1, 0.15) is 63.0 Å². The van der Waals surface area contributed by atoms with Crippen LogP contribution in [0.2, 0.25) is 0 Å². The average molecular weight is 465 g/mol. The highest BCUT2D eigenvalue weighted by molar-refractivity contribution is 5.84. The van der Waals surface area contributed by atoms with E-state index >= 15 is 0 Å². The zero-order valence-electron chi connectivity index (χ0n) is 19.7. The number of hydrogen-bond donors (Lipinski definition) is 3. The van der Waals surface area contributed by atoms with Gasteiger partial charge in [0.1, 0.15) is 6.61 Å². The number of rotatable bonds is 8. The minimum absolute atomic E-state index is 0.0345. The van der Waals surface area contributed by atoms with Crippen molar-refractivity contribution in [3.63, 3.8) is 0 Å². The summed E-state index contributed by atoms with van der Waals surface area (Å²) in [5.41, 5.74) is 2.97.